The molecule has 25 heavy (non-hydrogen) atoms. The van der Waals surface area contributed by atoms with Gasteiger partial charge in [0.1, 0.15) is 5.75 Å². The summed E-state index contributed by atoms with van der Waals surface area (Å²) < 4.78 is 0. The minimum absolute atomic E-state index is 0. The molecule has 2 aromatic carbocycles. The number of aliphatic hydroxyl groups is 1. The molecule has 0 bridgehead atoms. The predicted octanol–water partition coefficient (Wildman–Crippen LogP) is 2.56. The summed E-state index contributed by atoms with van der Waals surface area (Å²) in [7, 11) is 0. The second-order valence-electron chi connectivity index (χ2n) is 5.56. The molecule has 0 spiro atoms. The zero-order valence-corrected chi connectivity index (χ0v) is 15.5. The minimum atomic E-state index is -0.629. The van der Waals surface area contributed by atoms with Gasteiger partial charge in [-0.15, -0.1) is 12.4 Å². The van der Waals surface area contributed by atoms with Gasteiger partial charge in [-0.1, -0.05) is 29.8 Å². The molecule has 5 nitrogen and oxygen atoms in total. The lowest BCUT2D eigenvalue weighted by atomic mass is 10.1. The fourth-order valence-electron chi connectivity index (χ4n) is 2.43. The third-order valence-corrected chi connectivity index (χ3v) is 4.03. The van der Waals surface area contributed by atoms with E-state index in [2.05, 4.69) is 16.3 Å². The van der Waals surface area contributed by atoms with Crippen LogP contribution < -0.4 is 16.0 Å². The van der Waals surface area contributed by atoms with Gasteiger partial charge >= 0.3 is 0 Å². The second-order valence-corrected chi connectivity index (χ2v) is 6.00. The molecule has 5 N–H and O–H groups in total. The summed E-state index contributed by atoms with van der Waals surface area (Å²) in [6.45, 7) is 4.46. The van der Waals surface area contributed by atoms with Crippen LogP contribution in [0.2, 0.25) is 5.02 Å². The Hall–Kier alpha value is -1.50. The molecule has 1 aliphatic rings. The van der Waals surface area contributed by atoms with Gasteiger partial charge in [-0.2, -0.15) is 0 Å². The lowest BCUT2D eigenvalue weighted by Crippen LogP contribution is -2.43. The number of phenols is 1. The maximum atomic E-state index is 9.21. The van der Waals surface area contributed by atoms with Gasteiger partial charge in [0, 0.05) is 43.4 Å². The van der Waals surface area contributed by atoms with E-state index in [0.717, 1.165) is 36.8 Å². The largest absolute Gasteiger partial charge is 0.508 e. The molecule has 1 atom stereocenters. The quantitative estimate of drug-likeness (QED) is 0.652. The van der Waals surface area contributed by atoms with Gasteiger partial charge in [0.15, 0.2) is 0 Å². The summed E-state index contributed by atoms with van der Waals surface area (Å²) in [5.41, 5.74) is 7.19. The smallest absolute Gasteiger partial charge is 0.115 e. The van der Waals surface area contributed by atoms with Crippen molar-refractivity contribution < 1.29 is 10.2 Å². The number of nitrogens with one attached hydrogen (secondary N) is 1. The fourth-order valence-corrected chi connectivity index (χ4v) is 2.61. The van der Waals surface area contributed by atoms with Crippen molar-refractivity contribution in [1.29, 1.82) is 0 Å². The number of hydrogen-bond donors (Lipinski definition) is 4. The molecule has 1 fully saturated rings. The number of benzene rings is 2. The summed E-state index contributed by atoms with van der Waals surface area (Å²) in [5.74, 6) is 0.193. The lowest BCUT2D eigenvalue weighted by Gasteiger charge is -2.29. The summed E-state index contributed by atoms with van der Waals surface area (Å²) in [6.07, 6.45) is -0.629. The molecule has 0 saturated carbocycles. The van der Waals surface area contributed by atoms with Crippen molar-refractivity contribution in [3.8, 4) is 5.75 Å². The van der Waals surface area contributed by atoms with E-state index < -0.39 is 6.10 Å². The van der Waals surface area contributed by atoms with E-state index in [1.807, 2.05) is 18.2 Å². The lowest BCUT2D eigenvalue weighted by molar-refractivity contribution is 0.186. The Balaban J connectivity index is 0.000000244. The number of aromatic hydroxyl groups is 1. The highest BCUT2D eigenvalue weighted by Crippen LogP contribution is 2.19. The van der Waals surface area contributed by atoms with Crippen molar-refractivity contribution in [1.82, 2.24) is 5.32 Å². The molecular formula is C18H25Cl2N3O2. The van der Waals surface area contributed by atoms with Crippen molar-refractivity contribution >= 4 is 29.7 Å². The van der Waals surface area contributed by atoms with Crippen molar-refractivity contribution in [2.24, 2.45) is 5.73 Å². The Bertz CT molecular complexity index is 620. The number of nitrogens with zero attached hydrogens (tertiary/aromatic N) is 1. The summed E-state index contributed by atoms with van der Waals surface area (Å²) in [6, 6.07) is 14.4. The number of piperazine rings is 1. The highest BCUT2D eigenvalue weighted by molar-refractivity contribution is 6.30. The van der Waals surface area contributed by atoms with Gasteiger partial charge in [-0.05, 0) is 35.9 Å². The Kier molecular flexibility index (Phi) is 9.63. The molecule has 1 aliphatic heterocycles. The predicted molar refractivity (Wildman–Crippen MR) is 106 cm³/mol. The van der Waals surface area contributed by atoms with Crippen LogP contribution in [0.4, 0.5) is 5.69 Å². The second kappa shape index (κ2) is 11.2. The highest BCUT2D eigenvalue weighted by atomic mass is 35.5. The van der Waals surface area contributed by atoms with E-state index in [-0.39, 0.29) is 24.7 Å². The highest BCUT2D eigenvalue weighted by Gasteiger charge is 2.09. The number of halogens is 2. The first-order valence-corrected chi connectivity index (χ1v) is 8.36. The van der Waals surface area contributed by atoms with Crippen LogP contribution in [0.3, 0.4) is 0 Å². The van der Waals surface area contributed by atoms with Crippen molar-refractivity contribution in [3.63, 3.8) is 0 Å². The number of hydrogen-bond acceptors (Lipinski definition) is 5. The van der Waals surface area contributed by atoms with Gasteiger partial charge in [0.25, 0.3) is 0 Å². The minimum Gasteiger partial charge on any atom is -0.508 e. The molecule has 138 valence electrons. The number of nitrogens with two attached hydrogens (primary N) is 1. The van der Waals surface area contributed by atoms with Crippen LogP contribution in [0.5, 0.6) is 5.75 Å². The van der Waals surface area contributed by atoms with Gasteiger partial charge in [-0.3, -0.25) is 0 Å². The Labute approximate surface area is 159 Å². The van der Waals surface area contributed by atoms with E-state index in [9.17, 15) is 5.11 Å². The maximum absolute atomic E-state index is 9.21. The molecule has 1 saturated heterocycles. The SMILES string of the molecule is Cl.Clc1cccc(N2CCNCC2)c1.NCC(O)c1ccc(O)cc1. The topological polar surface area (TPSA) is 81.8 Å². The third kappa shape index (κ3) is 7.10. The standard InChI is InChI=1S/C10H13ClN2.C8H11NO2.ClH/c11-9-2-1-3-10(8-9)13-6-4-12-5-7-13;9-5-8(11)6-1-3-7(10)4-2-6;/h1-3,8,12H,4-7H2;1-4,8,10-11H,5,9H2;1H. The summed E-state index contributed by atoms with van der Waals surface area (Å²) in [4.78, 5) is 2.35. The van der Waals surface area contributed by atoms with Gasteiger partial charge in [0.05, 0.1) is 6.10 Å². The van der Waals surface area contributed by atoms with Crippen LogP contribution in [0.15, 0.2) is 48.5 Å². The van der Waals surface area contributed by atoms with Crippen LogP contribution in [-0.4, -0.2) is 42.9 Å². The van der Waals surface area contributed by atoms with Crippen molar-refractivity contribution in [2.75, 3.05) is 37.6 Å². The molecule has 0 amide bonds. The third-order valence-electron chi connectivity index (χ3n) is 3.79. The molecule has 1 unspecified atom stereocenters. The van der Waals surface area contributed by atoms with E-state index in [4.69, 9.17) is 22.4 Å². The van der Waals surface area contributed by atoms with Gasteiger partial charge in [0.2, 0.25) is 0 Å². The van der Waals surface area contributed by atoms with Crippen LogP contribution in [0.1, 0.15) is 11.7 Å². The van der Waals surface area contributed by atoms with Crippen LogP contribution in [-0.2, 0) is 0 Å². The Morgan fingerprint density at radius 1 is 1.12 bits per heavy atom. The zero-order valence-electron chi connectivity index (χ0n) is 13.9. The zero-order chi connectivity index (χ0) is 17.4. The van der Waals surface area contributed by atoms with E-state index in [0.29, 0.717) is 0 Å². The number of aliphatic hydroxyl groups excluding tert-OH is 1. The first kappa shape index (κ1) is 21.5. The van der Waals surface area contributed by atoms with Crippen molar-refractivity contribution in [2.45, 2.75) is 6.10 Å². The normalized spacial score (nSPS) is 14.8. The van der Waals surface area contributed by atoms with Crippen LogP contribution in [0.25, 0.3) is 0 Å². The average molecular weight is 386 g/mol. The molecule has 2 aromatic rings. The summed E-state index contributed by atoms with van der Waals surface area (Å²) >= 11 is 5.92. The number of phenolic OH excluding ortho intramolecular Hbond substituents is 1. The van der Waals surface area contributed by atoms with Crippen LogP contribution in [0, 0.1) is 0 Å². The van der Waals surface area contributed by atoms with Crippen molar-refractivity contribution in [3.05, 3.63) is 59.1 Å². The van der Waals surface area contributed by atoms with E-state index in [1.54, 1.807) is 12.1 Å². The van der Waals surface area contributed by atoms with Gasteiger partial charge in [-0.25, -0.2) is 0 Å². The molecule has 0 aliphatic carbocycles. The average Bonchev–Trinajstić information content (AvgIpc) is 2.63. The molecule has 0 aromatic heterocycles. The maximum Gasteiger partial charge on any atom is 0.115 e. The van der Waals surface area contributed by atoms with E-state index in [1.165, 1.54) is 17.8 Å². The first-order chi connectivity index (χ1) is 11.6. The molecule has 3 rings (SSSR count). The van der Waals surface area contributed by atoms with Gasteiger partial charge < -0.3 is 26.2 Å². The Morgan fingerprint density at radius 2 is 1.76 bits per heavy atom. The monoisotopic (exact) mass is 385 g/mol. The molecule has 1 heterocycles. The van der Waals surface area contributed by atoms with Crippen LogP contribution >= 0.6 is 24.0 Å². The number of anilines is 1. The van der Waals surface area contributed by atoms with E-state index >= 15 is 0 Å². The molecule has 7 heteroatoms. The number of rotatable bonds is 3. The summed E-state index contributed by atoms with van der Waals surface area (Å²) in [5, 5.41) is 22.3. The first-order valence-electron chi connectivity index (χ1n) is 7.98. The molecular weight excluding hydrogens is 361 g/mol. The Morgan fingerprint density at radius 3 is 2.32 bits per heavy atom. The molecule has 0 radical (unpaired) electrons. The fraction of sp³-hybridized carbons (Fsp3) is 0.333.